The van der Waals surface area contributed by atoms with Gasteiger partial charge in [-0.1, -0.05) is 6.07 Å². The molecule has 0 aromatic heterocycles. The maximum absolute atomic E-state index is 5.74. The molecule has 0 aliphatic carbocycles. The summed E-state index contributed by atoms with van der Waals surface area (Å²) in [7, 11) is 1.68. The molecule has 0 saturated carbocycles. The molecule has 0 fully saturated rings. The van der Waals surface area contributed by atoms with E-state index < -0.39 is 0 Å². The Morgan fingerprint density at radius 2 is 2.06 bits per heavy atom. The normalized spacial score (nSPS) is 14.1. The average molecular weight is 251 g/mol. The summed E-state index contributed by atoms with van der Waals surface area (Å²) in [5.41, 5.74) is 6.68. The fourth-order valence-corrected chi connectivity index (χ4v) is 2.13. The lowest BCUT2D eigenvalue weighted by atomic mass is 10.1. The minimum atomic E-state index is 0.676. The lowest BCUT2D eigenvalue weighted by molar-refractivity contribution is 0.288. The zero-order valence-electron chi connectivity index (χ0n) is 10.9. The third-order valence-electron chi connectivity index (χ3n) is 3.05. The SMILES string of the molecule is COc1c(CCCCN)ccc2c1OCCCO2. The Labute approximate surface area is 108 Å². The molecular weight excluding hydrogens is 230 g/mol. The second-order valence-electron chi connectivity index (χ2n) is 4.38. The number of rotatable bonds is 5. The molecule has 0 bridgehead atoms. The molecule has 18 heavy (non-hydrogen) atoms. The molecule has 4 heteroatoms. The fourth-order valence-electron chi connectivity index (χ4n) is 2.13. The smallest absolute Gasteiger partial charge is 0.203 e. The van der Waals surface area contributed by atoms with E-state index in [4.69, 9.17) is 19.9 Å². The van der Waals surface area contributed by atoms with Crippen molar-refractivity contribution in [2.45, 2.75) is 25.7 Å². The van der Waals surface area contributed by atoms with Crippen molar-refractivity contribution in [1.29, 1.82) is 0 Å². The van der Waals surface area contributed by atoms with Gasteiger partial charge in [-0.15, -0.1) is 0 Å². The first-order chi connectivity index (χ1) is 8.86. The van der Waals surface area contributed by atoms with Crippen LogP contribution in [0.5, 0.6) is 17.2 Å². The highest BCUT2D eigenvalue weighted by atomic mass is 16.5. The van der Waals surface area contributed by atoms with Crippen molar-refractivity contribution in [3.63, 3.8) is 0 Å². The Morgan fingerprint density at radius 1 is 1.22 bits per heavy atom. The van der Waals surface area contributed by atoms with Gasteiger partial charge in [-0.05, 0) is 37.4 Å². The summed E-state index contributed by atoms with van der Waals surface area (Å²) in [6.45, 7) is 2.10. The number of hydrogen-bond acceptors (Lipinski definition) is 4. The van der Waals surface area contributed by atoms with Crippen LogP contribution < -0.4 is 19.9 Å². The van der Waals surface area contributed by atoms with E-state index in [1.807, 2.05) is 6.07 Å². The van der Waals surface area contributed by atoms with Crippen LogP contribution in [0.2, 0.25) is 0 Å². The topological polar surface area (TPSA) is 53.7 Å². The van der Waals surface area contributed by atoms with Gasteiger partial charge in [0.15, 0.2) is 11.5 Å². The molecule has 2 rings (SSSR count). The zero-order chi connectivity index (χ0) is 12.8. The van der Waals surface area contributed by atoms with Gasteiger partial charge in [0.05, 0.1) is 20.3 Å². The van der Waals surface area contributed by atoms with Crippen molar-refractivity contribution < 1.29 is 14.2 Å². The molecular formula is C14H21NO3. The van der Waals surface area contributed by atoms with Crippen LogP contribution in [0.4, 0.5) is 0 Å². The lowest BCUT2D eigenvalue weighted by Gasteiger charge is -2.15. The summed E-state index contributed by atoms with van der Waals surface area (Å²) >= 11 is 0. The lowest BCUT2D eigenvalue weighted by Crippen LogP contribution is -2.02. The standard InChI is InChI=1S/C14H21NO3/c1-16-13-11(5-2-3-8-15)6-7-12-14(13)18-10-4-9-17-12/h6-7H,2-5,8-10,15H2,1H3. The van der Waals surface area contributed by atoms with Crippen LogP contribution in [-0.4, -0.2) is 26.9 Å². The van der Waals surface area contributed by atoms with Gasteiger partial charge in [0, 0.05) is 6.42 Å². The quantitative estimate of drug-likeness (QED) is 0.815. The Kier molecular flexibility index (Phi) is 4.70. The van der Waals surface area contributed by atoms with Gasteiger partial charge < -0.3 is 19.9 Å². The number of benzene rings is 1. The van der Waals surface area contributed by atoms with Crippen molar-refractivity contribution in [3.8, 4) is 17.2 Å². The van der Waals surface area contributed by atoms with E-state index in [-0.39, 0.29) is 0 Å². The summed E-state index contributed by atoms with van der Waals surface area (Å²) in [5, 5.41) is 0. The zero-order valence-corrected chi connectivity index (χ0v) is 10.9. The van der Waals surface area contributed by atoms with Crippen LogP contribution in [0.25, 0.3) is 0 Å². The first kappa shape index (κ1) is 13.0. The number of ether oxygens (including phenoxy) is 3. The molecule has 0 spiro atoms. The van der Waals surface area contributed by atoms with Crippen LogP contribution in [0.1, 0.15) is 24.8 Å². The van der Waals surface area contributed by atoms with E-state index in [1.54, 1.807) is 7.11 Å². The number of methoxy groups -OCH3 is 1. The highest BCUT2D eigenvalue weighted by Crippen LogP contribution is 2.41. The van der Waals surface area contributed by atoms with Crippen LogP contribution in [-0.2, 0) is 6.42 Å². The van der Waals surface area contributed by atoms with Crippen LogP contribution in [0, 0.1) is 0 Å². The summed E-state index contributed by atoms with van der Waals surface area (Å²) in [4.78, 5) is 0. The molecule has 1 aromatic carbocycles. The van der Waals surface area contributed by atoms with E-state index in [0.29, 0.717) is 13.2 Å². The van der Waals surface area contributed by atoms with Gasteiger partial charge in [0.25, 0.3) is 0 Å². The molecule has 0 saturated heterocycles. The minimum absolute atomic E-state index is 0.676. The number of fused-ring (bicyclic) bond motifs is 1. The van der Waals surface area contributed by atoms with Crippen molar-refractivity contribution in [3.05, 3.63) is 17.7 Å². The van der Waals surface area contributed by atoms with Gasteiger partial charge in [0.2, 0.25) is 5.75 Å². The Bertz CT molecular complexity index is 393. The first-order valence-corrected chi connectivity index (χ1v) is 6.52. The monoisotopic (exact) mass is 251 g/mol. The van der Waals surface area contributed by atoms with Gasteiger partial charge in [-0.25, -0.2) is 0 Å². The summed E-state index contributed by atoms with van der Waals surface area (Å²) in [6, 6.07) is 4.03. The molecule has 1 heterocycles. The van der Waals surface area contributed by atoms with Crippen molar-refractivity contribution in [2.24, 2.45) is 5.73 Å². The second-order valence-corrected chi connectivity index (χ2v) is 4.38. The van der Waals surface area contributed by atoms with E-state index in [2.05, 4.69) is 6.07 Å². The minimum Gasteiger partial charge on any atom is -0.492 e. The van der Waals surface area contributed by atoms with Crippen molar-refractivity contribution >= 4 is 0 Å². The van der Waals surface area contributed by atoms with Crippen molar-refractivity contribution in [1.82, 2.24) is 0 Å². The highest BCUT2D eigenvalue weighted by molar-refractivity contribution is 5.56. The second kappa shape index (κ2) is 6.50. The molecule has 2 N–H and O–H groups in total. The summed E-state index contributed by atoms with van der Waals surface area (Å²) < 4.78 is 16.9. The Hall–Kier alpha value is -1.42. The van der Waals surface area contributed by atoms with Gasteiger partial charge in [-0.2, -0.15) is 0 Å². The molecule has 1 aliphatic heterocycles. The fraction of sp³-hybridized carbons (Fsp3) is 0.571. The maximum atomic E-state index is 5.74. The molecule has 0 radical (unpaired) electrons. The molecule has 1 aromatic rings. The summed E-state index contributed by atoms with van der Waals surface area (Å²) in [5.74, 6) is 2.35. The highest BCUT2D eigenvalue weighted by Gasteiger charge is 2.18. The third kappa shape index (κ3) is 2.88. The predicted molar refractivity (Wildman–Crippen MR) is 70.6 cm³/mol. The number of nitrogens with two attached hydrogens (primary N) is 1. The van der Waals surface area contributed by atoms with E-state index in [0.717, 1.165) is 55.0 Å². The first-order valence-electron chi connectivity index (χ1n) is 6.52. The van der Waals surface area contributed by atoms with E-state index in [1.165, 1.54) is 0 Å². The Morgan fingerprint density at radius 3 is 2.83 bits per heavy atom. The van der Waals surface area contributed by atoms with Gasteiger partial charge >= 0.3 is 0 Å². The molecule has 0 unspecified atom stereocenters. The average Bonchev–Trinajstić information content (AvgIpc) is 2.64. The number of hydrogen-bond donors (Lipinski definition) is 1. The molecule has 1 aliphatic rings. The number of unbranched alkanes of at least 4 members (excludes halogenated alkanes) is 1. The summed E-state index contributed by atoms with van der Waals surface area (Å²) in [6.07, 6.45) is 3.95. The molecule has 0 atom stereocenters. The Balaban J connectivity index is 2.22. The van der Waals surface area contributed by atoms with Crippen LogP contribution in [0.15, 0.2) is 12.1 Å². The van der Waals surface area contributed by atoms with Gasteiger partial charge in [0.1, 0.15) is 0 Å². The van der Waals surface area contributed by atoms with Crippen LogP contribution in [0.3, 0.4) is 0 Å². The largest absolute Gasteiger partial charge is 0.492 e. The van der Waals surface area contributed by atoms with E-state index >= 15 is 0 Å². The molecule has 0 amide bonds. The van der Waals surface area contributed by atoms with Crippen LogP contribution >= 0.6 is 0 Å². The predicted octanol–water partition coefficient (Wildman–Crippen LogP) is 2.14. The van der Waals surface area contributed by atoms with Crippen molar-refractivity contribution in [2.75, 3.05) is 26.9 Å². The maximum Gasteiger partial charge on any atom is 0.203 e. The molecule has 100 valence electrons. The number of aryl methyl sites for hydroxylation is 1. The van der Waals surface area contributed by atoms with E-state index in [9.17, 15) is 0 Å². The third-order valence-corrected chi connectivity index (χ3v) is 3.05. The molecule has 4 nitrogen and oxygen atoms in total. The van der Waals surface area contributed by atoms with Gasteiger partial charge in [-0.3, -0.25) is 0 Å².